The number of benzene rings is 2. The van der Waals surface area contributed by atoms with E-state index in [9.17, 15) is 9.50 Å². The van der Waals surface area contributed by atoms with Gasteiger partial charge in [-0.1, -0.05) is 33.6 Å². The molecule has 2 aromatic carbocycles. The molecule has 2 rings (SSSR count). The number of hydrogen-bond acceptors (Lipinski definition) is 2. The highest BCUT2D eigenvalue weighted by Gasteiger charge is 2.07. The lowest BCUT2D eigenvalue weighted by Gasteiger charge is -2.11. The molecule has 0 aromatic heterocycles. The van der Waals surface area contributed by atoms with Gasteiger partial charge in [-0.05, 0) is 31.2 Å². The lowest BCUT2D eigenvalue weighted by Crippen LogP contribution is -2.01. The third kappa shape index (κ3) is 3.55. The van der Waals surface area contributed by atoms with Crippen LogP contribution in [0.1, 0.15) is 16.7 Å². The van der Waals surface area contributed by atoms with E-state index in [1.165, 1.54) is 6.07 Å². The fourth-order valence-corrected chi connectivity index (χ4v) is 2.19. The summed E-state index contributed by atoms with van der Waals surface area (Å²) in [4.78, 5) is 0. The van der Waals surface area contributed by atoms with Crippen LogP contribution in [0, 0.1) is 12.7 Å². The topological polar surface area (TPSA) is 29.5 Å². The Morgan fingerprint density at radius 2 is 1.95 bits per heavy atom. The van der Waals surface area contributed by atoms with Gasteiger partial charge in [0.25, 0.3) is 0 Å². The van der Waals surface area contributed by atoms with Crippen molar-refractivity contribution in [3.8, 4) is 5.75 Å². The minimum absolute atomic E-state index is 0.0992. The van der Waals surface area contributed by atoms with Crippen LogP contribution in [0.5, 0.6) is 5.75 Å². The molecular formula is C15H14BrFO2. The summed E-state index contributed by atoms with van der Waals surface area (Å²) < 4.78 is 20.0. The zero-order valence-corrected chi connectivity index (χ0v) is 12.1. The minimum atomic E-state index is -0.305. The molecule has 0 heterocycles. The van der Waals surface area contributed by atoms with Crippen LogP contribution in [-0.4, -0.2) is 5.11 Å². The Balaban J connectivity index is 2.16. The highest BCUT2D eigenvalue weighted by atomic mass is 79.9. The SMILES string of the molecule is Cc1ccc(OCc2cc(Br)ccc2F)c(CO)c1. The van der Waals surface area contributed by atoms with Crippen LogP contribution in [0.4, 0.5) is 4.39 Å². The fourth-order valence-electron chi connectivity index (χ4n) is 1.78. The molecule has 0 unspecified atom stereocenters. The maximum Gasteiger partial charge on any atom is 0.129 e. The lowest BCUT2D eigenvalue weighted by atomic mass is 10.1. The molecule has 0 atom stereocenters. The van der Waals surface area contributed by atoms with Crippen molar-refractivity contribution in [1.29, 1.82) is 0 Å². The summed E-state index contributed by atoms with van der Waals surface area (Å²) in [5, 5.41) is 9.28. The molecule has 19 heavy (non-hydrogen) atoms. The van der Waals surface area contributed by atoms with Gasteiger partial charge in [0.05, 0.1) is 6.61 Å². The zero-order valence-electron chi connectivity index (χ0n) is 10.5. The van der Waals surface area contributed by atoms with Crippen LogP contribution in [0.2, 0.25) is 0 Å². The van der Waals surface area contributed by atoms with E-state index in [4.69, 9.17) is 4.74 Å². The molecule has 0 fully saturated rings. The Morgan fingerprint density at radius 1 is 1.16 bits per heavy atom. The summed E-state index contributed by atoms with van der Waals surface area (Å²) >= 11 is 3.30. The fraction of sp³-hybridized carbons (Fsp3) is 0.200. The summed E-state index contributed by atoms with van der Waals surface area (Å²) in [6.45, 7) is 1.97. The van der Waals surface area contributed by atoms with Crippen LogP contribution in [0.25, 0.3) is 0 Å². The van der Waals surface area contributed by atoms with Crippen LogP contribution >= 0.6 is 15.9 Å². The largest absolute Gasteiger partial charge is 0.488 e. The highest BCUT2D eigenvalue weighted by molar-refractivity contribution is 9.10. The molecule has 0 bridgehead atoms. The molecule has 2 nitrogen and oxygen atoms in total. The van der Waals surface area contributed by atoms with E-state index < -0.39 is 0 Å². The van der Waals surface area contributed by atoms with Crippen molar-refractivity contribution < 1.29 is 14.2 Å². The molecule has 4 heteroatoms. The van der Waals surface area contributed by atoms with Crippen LogP contribution in [0.3, 0.4) is 0 Å². The molecule has 0 aliphatic heterocycles. The quantitative estimate of drug-likeness (QED) is 0.922. The first-order chi connectivity index (χ1) is 9.10. The number of aryl methyl sites for hydroxylation is 1. The van der Waals surface area contributed by atoms with Gasteiger partial charge in [0.1, 0.15) is 18.2 Å². The Kier molecular flexibility index (Phi) is 4.56. The molecule has 2 aromatic rings. The Labute approximate surface area is 120 Å². The number of aliphatic hydroxyl groups excluding tert-OH is 1. The number of rotatable bonds is 4. The molecule has 0 aliphatic rings. The Bertz CT molecular complexity index is 584. The van der Waals surface area contributed by atoms with E-state index in [1.807, 2.05) is 19.1 Å². The maximum atomic E-state index is 13.6. The third-order valence-electron chi connectivity index (χ3n) is 2.78. The van der Waals surface area contributed by atoms with E-state index in [0.29, 0.717) is 16.9 Å². The monoisotopic (exact) mass is 324 g/mol. The van der Waals surface area contributed by atoms with Gasteiger partial charge in [0.15, 0.2) is 0 Å². The van der Waals surface area contributed by atoms with E-state index in [2.05, 4.69) is 15.9 Å². The summed E-state index contributed by atoms with van der Waals surface area (Å²) in [7, 11) is 0. The predicted octanol–water partition coefficient (Wildman–Crippen LogP) is 3.97. The van der Waals surface area contributed by atoms with Crippen molar-refractivity contribution in [2.45, 2.75) is 20.1 Å². The number of ether oxygens (including phenoxy) is 1. The van der Waals surface area contributed by atoms with E-state index in [-0.39, 0.29) is 19.0 Å². The van der Waals surface area contributed by atoms with Crippen molar-refractivity contribution in [2.75, 3.05) is 0 Å². The molecule has 0 radical (unpaired) electrons. The summed E-state index contributed by atoms with van der Waals surface area (Å²) in [6.07, 6.45) is 0. The molecule has 0 amide bonds. The molecule has 0 spiro atoms. The Morgan fingerprint density at radius 3 is 2.68 bits per heavy atom. The van der Waals surface area contributed by atoms with E-state index in [0.717, 1.165) is 10.0 Å². The minimum Gasteiger partial charge on any atom is -0.488 e. The molecule has 0 aliphatic carbocycles. The van der Waals surface area contributed by atoms with Crippen molar-refractivity contribution in [3.05, 3.63) is 63.4 Å². The van der Waals surface area contributed by atoms with Gasteiger partial charge < -0.3 is 9.84 Å². The second-order valence-electron chi connectivity index (χ2n) is 4.29. The van der Waals surface area contributed by atoms with Crippen LogP contribution in [-0.2, 0) is 13.2 Å². The lowest BCUT2D eigenvalue weighted by molar-refractivity contribution is 0.257. The predicted molar refractivity (Wildman–Crippen MR) is 75.5 cm³/mol. The van der Waals surface area contributed by atoms with Crippen LogP contribution in [0.15, 0.2) is 40.9 Å². The number of halogens is 2. The van der Waals surface area contributed by atoms with Crippen molar-refractivity contribution in [3.63, 3.8) is 0 Å². The first-order valence-corrected chi connectivity index (χ1v) is 6.66. The van der Waals surface area contributed by atoms with Gasteiger partial charge in [0, 0.05) is 15.6 Å². The first-order valence-electron chi connectivity index (χ1n) is 5.87. The number of aliphatic hydroxyl groups is 1. The average molecular weight is 325 g/mol. The molecule has 0 saturated carbocycles. The number of hydrogen-bond donors (Lipinski definition) is 1. The second kappa shape index (κ2) is 6.17. The van der Waals surface area contributed by atoms with Gasteiger partial charge in [0.2, 0.25) is 0 Å². The van der Waals surface area contributed by atoms with Gasteiger partial charge in [-0.25, -0.2) is 4.39 Å². The van der Waals surface area contributed by atoms with Crippen LogP contribution < -0.4 is 4.74 Å². The third-order valence-corrected chi connectivity index (χ3v) is 3.27. The normalized spacial score (nSPS) is 10.5. The van der Waals surface area contributed by atoms with Gasteiger partial charge in [-0.2, -0.15) is 0 Å². The second-order valence-corrected chi connectivity index (χ2v) is 5.21. The van der Waals surface area contributed by atoms with Gasteiger partial charge in [-0.15, -0.1) is 0 Å². The summed E-state index contributed by atoms with van der Waals surface area (Å²) in [5.41, 5.74) is 2.22. The molecular weight excluding hydrogens is 311 g/mol. The molecule has 1 N–H and O–H groups in total. The van der Waals surface area contributed by atoms with Crippen molar-refractivity contribution >= 4 is 15.9 Å². The smallest absolute Gasteiger partial charge is 0.129 e. The standard InChI is InChI=1S/C15H14BrFO2/c1-10-2-5-15(11(6-10)8-18)19-9-12-7-13(16)3-4-14(12)17/h2-7,18H,8-9H2,1H3. The summed E-state index contributed by atoms with van der Waals surface area (Å²) in [6, 6.07) is 10.3. The Hall–Kier alpha value is -1.39. The van der Waals surface area contributed by atoms with Gasteiger partial charge >= 0.3 is 0 Å². The molecule has 0 saturated heterocycles. The maximum absolute atomic E-state index is 13.6. The summed E-state index contributed by atoms with van der Waals surface area (Å²) in [5.74, 6) is 0.272. The molecule has 100 valence electrons. The van der Waals surface area contributed by atoms with E-state index in [1.54, 1.807) is 18.2 Å². The van der Waals surface area contributed by atoms with Crippen molar-refractivity contribution in [1.82, 2.24) is 0 Å². The van der Waals surface area contributed by atoms with E-state index >= 15 is 0 Å². The average Bonchev–Trinajstić information content (AvgIpc) is 2.40. The zero-order chi connectivity index (χ0) is 13.8. The van der Waals surface area contributed by atoms with Crippen molar-refractivity contribution in [2.24, 2.45) is 0 Å². The van der Waals surface area contributed by atoms with Gasteiger partial charge in [-0.3, -0.25) is 0 Å². The highest BCUT2D eigenvalue weighted by Crippen LogP contribution is 2.23. The first kappa shape index (κ1) is 14.0.